The van der Waals surface area contributed by atoms with Crippen LogP contribution in [0.3, 0.4) is 0 Å². The Labute approximate surface area is 305 Å². The molecule has 3 heterocycles. The molecular formula is C41H50FN7O3. The van der Waals surface area contributed by atoms with E-state index in [9.17, 15) is 14.0 Å². The number of anilines is 2. The molecule has 2 aromatic carbocycles. The third-order valence-electron chi connectivity index (χ3n) is 11.9. The molecule has 1 aliphatic heterocycles. The van der Waals surface area contributed by atoms with Crippen LogP contribution in [0.5, 0.6) is 5.75 Å². The number of halogens is 1. The Morgan fingerprint density at radius 2 is 1.90 bits per heavy atom. The van der Waals surface area contributed by atoms with E-state index in [1.54, 1.807) is 22.9 Å². The van der Waals surface area contributed by atoms with Crippen LogP contribution >= 0.6 is 0 Å². The van der Waals surface area contributed by atoms with Crippen LogP contribution in [0.25, 0.3) is 22.0 Å². The monoisotopic (exact) mass is 707 g/mol. The first kappa shape index (κ1) is 35.5. The molecule has 1 amide bonds. The number of aliphatic imine (C=N–C) groups is 1. The van der Waals surface area contributed by atoms with Crippen molar-refractivity contribution in [2.24, 2.45) is 28.2 Å². The highest BCUT2D eigenvalue weighted by Gasteiger charge is 2.56. The number of hydrogen-bond donors (Lipinski definition) is 2. The van der Waals surface area contributed by atoms with E-state index in [1.807, 2.05) is 67.2 Å². The summed E-state index contributed by atoms with van der Waals surface area (Å²) in [4.78, 5) is 40.9. The molecule has 3 aliphatic carbocycles. The van der Waals surface area contributed by atoms with Crippen molar-refractivity contribution in [3.63, 3.8) is 0 Å². The summed E-state index contributed by atoms with van der Waals surface area (Å²) >= 11 is 0. The summed E-state index contributed by atoms with van der Waals surface area (Å²) in [5.41, 5.74) is 2.92. The van der Waals surface area contributed by atoms with Gasteiger partial charge >= 0.3 is 0 Å². The summed E-state index contributed by atoms with van der Waals surface area (Å²) in [6.45, 7) is 10.2. The molecule has 2 aromatic heterocycles. The van der Waals surface area contributed by atoms with Crippen LogP contribution in [0.4, 0.5) is 15.9 Å². The molecule has 4 aromatic rings. The number of methoxy groups -OCH3 is 1. The Morgan fingerprint density at radius 1 is 1.10 bits per heavy atom. The molecule has 10 nitrogen and oxygen atoms in total. The summed E-state index contributed by atoms with van der Waals surface area (Å²) in [6.07, 6.45) is 4.39. The van der Waals surface area contributed by atoms with E-state index in [0.29, 0.717) is 64.5 Å². The van der Waals surface area contributed by atoms with E-state index < -0.39 is 0 Å². The van der Waals surface area contributed by atoms with Crippen molar-refractivity contribution in [1.82, 2.24) is 19.8 Å². The quantitative estimate of drug-likeness (QED) is 0.167. The van der Waals surface area contributed by atoms with Crippen LogP contribution in [0.2, 0.25) is 0 Å². The average Bonchev–Trinajstić information content (AvgIpc) is 3.11. The maximum absolute atomic E-state index is 15.0. The standard InChI is InChI=1S/C41H50FN7O3/c1-24-22-48(23-38(50)44-24)40(46-35-19-29-18-33(25(35)2)41(29,3)4)45-30-10-12-32-28(16-30)17-36(27-9-13-37(43-21-27)47(5)6)49(39(32)51)15-14-26-8-11-31(52-7)20-34(26)42/h8-13,16-17,20-21,24-25,29,33,35H,14-15,18-19,22-23H2,1-7H3,(H,44,50)(H,45,46)/t24-,25-,29-,33+,35?/m0/s1. The smallest absolute Gasteiger partial charge is 0.258 e. The second kappa shape index (κ2) is 13.9. The molecule has 11 heteroatoms. The third kappa shape index (κ3) is 6.73. The molecule has 2 bridgehead atoms. The summed E-state index contributed by atoms with van der Waals surface area (Å²) in [7, 11) is 5.36. The topological polar surface area (TPSA) is 104 Å². The summed E-state index contributed by atoms with van der Waals surface area (Å²) < 4.78 is 21.9. The lowest BCUT2D eigenvalue weighted by molar-refractivity contribution is -0.124. The highest BCUT2D eigenvalue weighted by molar-refractivity contribution is 5.99. The van der Waals surface area contributed by atoms with Crippen LogP contribution in [0, 0.1) is 29.0 Å². The first-order chi connectivity index (χ1) is 24.8. The number of nitrogens with one attached hydrogen (secondary N) is 2. The van der Waals surface area contributed by atoms with Crippen molar-refractivity contribution >= 4 is 34.1 Å². The molecule has 4 fully saturated rings. The number of aryl methyl sites for hydroxylation is 1. The van der Waals surface area contributed by atoms with Crippen molar-refractivity contribution in [1.29, 1.82) is 0 Å². The van der Waals surface area contributed by atoms with Crippen molar-refractivity contribution in [3.05, 3.63) is 82.5 Å². The molecule has 52 heavy (non-hydrogen) atoms. The lowest BCUT2D eigenvalue weighted by atomic mass is 9.45. The van der Waals surface area contributed by atoms with Gasteiger partial charge in [0.25, 0.3) is 5.56 Å². The fourth-order valence-corrected chi connectivity index (χ4v) is 8.66. The fraction of sp³-hybridized carbons (Fsp3) is 0.463. The van der Waals surface area contributed by atoms with Gasteiger partial charge in [-0.05, 0) is 103 Å². The van der Waals surface area contributed by atoms with Gasteiger partial charge in [-0.15, -0.1) is 0 Å². The minimum atomic E-state index is -0.371. The van der Waals surface area contributed by atoms with Gasteiger partial charge in [0.1, 0.15) is 17.4 Å². The van der Waals surface area contributed by atoms with Gasteiger partial charge in [-0.2, -0.15) is 0 Å². The van der Waals surface area contributed by atoms with Crippen LogP contribution in [-0.2, 0) is 17.8 Å². The number of piperazine rings is 1. The number of hydrogen-bond acceptors (Lipinski definition) is 6. The SMILES string of the molecule is COc1ccc(CCn2c(-c3ccc(N(C)C)nc3)cc3cc(NC(=NC4C[C@@H]5C[C@H]([C@@H]4C)C5(C)C)N4CC(=O)N[C@@H](C)C4)ccc3c2=O)c(F)c1. The van der Waals surface area contributed by atoms with E-state index in [0.717, 1.165) is 28.9 Å². The average molecular weight is 708 g/mol. The molecule has 274 valence electrons. The summed E-state index contributed by atoms with van der Waals surface area (Å²) in [5.74, 6) is 3.25. The zero-order valence-electron chi connectivity index (χ0n) is 31.2. The normalized spacial score (nSPS) is 23.9. The number of benzene rings is 2. The lowest BCUT2D eigenvalue weighted by Gasteiger charge is -2.61. The number of aromatic nitrogens is 2. The Balaban J connectivity index is 1.26. The Morgan fingerprint density at radius 3 is 2.56 bits per heavy atom. The Bertz CT molecular complexity index is 2080. The van der Waals surface area contributed by atoms with Gasteiger partial charge in [0.15, 0.2) is 5.96 Å². The number of fused-ring (bicyclic) bond motifs is 3. The van der Waals surface area contributed by atoms with Gasteiger partial charge in [0, 0.05) is 62.1 Å². The van der Waals surface area contributed by atoms with Crippen molar-refractivity contribution in [2.45, 2.75) is 65.6 Å². The summed E-state index contributed by atoms with van der Waals surface area (Å²) in [6, 6.07) is 16.5. The molecule has 5 atom stereocenters. The highest BCUT2D eigenvalue weighted by Crippen LogP contribution is 2.61. The molecular weight excluding hydrogens is 657 g/mol. The molecule has 2 N–H and O–H groups in total. The van der Waals surface area contributed by atoms with Crippen LogP contribution in [0.1, 0.15) is 46.1 Å². The molecule has 3 saturated carbocycles. The van der Waals surface area contributed by atoms with Crippen molar-refractivity contribution < 1.29 is 13.9 Å². The molecule has 0 spiro atoms. The number of rotatable bonds is 8. The first-order valence-electron chi connectivity index (χ1n) is 18.3. The maximum atomic E-state index is 15.0. The molecule has 0 radical (unpaired) electrons. The van der Waals surface area contributed by atoms with Crippen LogP contribution < -0.4 is 25.8 Å². The van der Waals surface area contributed by atoms with Gasteiger partial charge in [0.2, 0.25) is 5.91 Å². The zero-order chi connectivity index (χ0) is 36.9. The largest absolute Gasteiger partial charge is 0.497 e. The van der Waals surface area contributed by atoms with E-state index in [-0.39, 0.29) is 42.5 Å². The lowest BCUT2D eigenvalue weighted by Crippen LogP contribution is -2.58. The highest BCUT2D eigenvalue weighted by atomic mass is 19.1. The maximum Gasteiger partial charge on any atom is 0.258 e. The third-order valence-corrected chi connectivity index (χ3v) is 11.9. The predicted molar refractivity (Wildman–Crippen MR) is 206 cm³/mol. The number of pyridine rings is 2. The number of carbonyl (C=O) groups is 1. The fourth-order valence-electron chi connectivity index (χ4n) is 8.66. The Hall–Kier alpha value is -4.93. The van der Waals surface area contributed by atoms with Gasteiger partial charge in [-0.1, -0.05) is 26.8 Å². The molecule has 1 saturated heterocycles. The molecule has 8 rings (SSSR count). The second-order valence-corrected chi connectivity index (χ2v) is 15.7. The minimum Gasteiger partial charge on any atom is -0.497 e. The zero-order valence-corrected chi connectivity index (χ0v) is 31.2. The summed E-state index contributed by atoms with van der Waals surface area (Å²) in [5, 5.41) is 7.93. The van der Waals surface area contributed by atoms with E-state index in [4.69, 9.17) is 9.73 Å². The van der Waals surface area contributed by atoms with Crippen LogP contribution in [0.15, 0.2) is 70.6 Å². The Kier molecular flexibility index (Phi) is 9.48. The van der Waals surface area contributed by atoms with E-state index >= 15 is 0 Å². The number of nitrogens with zero attached hydrogens (tertiary/aromatic N) is 5. The molecule has 1 unspecified atom stereocenters. The van der Waals surface area contributed by atoms with Gasteiger partial charge in [-0.3, -0.25) is 9.59 Å². The predicted octanol–water partition coefficient (Wildman–Crippen LogP) is 6.18. The van der Waals surface area contributed by atoms with Gasteiger partial charge < -0.3 is 29.7 Å². The van der Waals surface area contributed by atoms with Crippen molar-refractivity contribution in [2.75, 3.05) is 44.5 Å². The van der Waals surface area contributed by atoms with Gasteiger partial charge in [-0.25, -0.2) is 14.4 Å². The van der Waals surface area contributed by atoms with Gasteiger partial charge in [0.05, 0.1) is 25.4 Å². The van der Waals surface area contributed by atoms with Crippen LogP contribution in [-0.4, -0.2) is 72.7 Å². The van der Waals surface area contributed by atoms with E-state index in [2.05, 4.69) is 36.4 Å². The number of carbonyl (C=O) groups excluding carboxylic acids is 1. The van der Waals surface area contributed by atoms with Crippen molar-refractivity contribution in [3.8, 4) is 17.0 Å². The second-order valence-electron chi connectivity index (χ2n) is 15.7. The minimum absolute atomic E-state index is 0.0131. The molecule has 4 aliphatic rings. The first-order valence-corrected chi connectivity index (χ1v) is 18.3. The number of guanidine groups is 1. The number of amides is 1. The number of ether oxygens (including phenoxy) is 1. The van der Waals surface area contributed by atoms with E-state index in [1.165, 1.54) is 19.6 Å².